The Labute approximate surface area is 113 Å². The van der Waals surface area contributed by atoms with Crippen molar-refractivity contribution in [3.8, 4) is 0 Å². The Morgan fingerprint density at radius 2 is 2.11 bits per heavy atom. The zero-order chi connectivity index (χ0) is 13.5. The number of rotatable bonds is 6. The fraction of sp³-hybridized carbons (Fsp3) is 0.462. The van der Waals surface area contributed by atoms with Crippen LogP contribution in [-0.4, -0.2) is 38.0 Å². The van der Waals surface area contributed by atoms with E-state index in [9.17, 15) is 4.79 Å². The van der Waals surface area contributed by atoms with E-state index in [-0.39, 0.29) is 5.91 Å². The molecule has 0 unspecified atom stereocenters. The number of halogens is 1. The van der Waals surface area contributed by atoms with Crippen LogP contribution in [0.25, 0.3) is 0 Å². The smallest absolute Gasteiger partial charge is 0.252 e. The minimum absolute atomic E-state index is 0.148. The van der Waals surface area contributed by atoms with Gasteiger partial charge < -0.3 is 16.0 Å². The van der Waals surface area contributed by atoms with E-state index in [2.05, 4.69) is 10.2 Å². The number of nitrogens with zero attached hydrogens (tertiary/aromatic N) is 1. The van der Waals surface area contributed by atoms with Crippen LogP contribution in [0.2, 0.25) is 5.02 Å². The van der Waals surface area contributed by atoms with Crippen molar-refractivity contribution < 1.29 is 4.79 Å². The summed E-state index contributed by atoms with van der Waals surface area (Å²) in [6.07, 6.45) is 2.01. The van der Waals surface area contributed by atoms with Crippen molar-refractivity contribution >= 4 is 23.2 Å². The van der Waals surface area contributed by atoms with Crippen molar-refractivity contribution in [2.75, 3.05) is 32.9 Å². The normalized spacial score (nSPS) is 10.7. The molecule has 1 rings (SSSR count). The minimum atomic E-state index is -0.148. The number of carbonyl (C=O) groups is 1. The van der Waals surface area contributed by atoms with Crippen LogP contribution in [0.5, 0.6) is 0 Å². The number of amides is 1. The molecular formula is C13H20ClN3O. The first-order valence-electron chi connectivity index (χ1n) is 5.98. The van der Waals surface area contributed by atoms with Crippen molar-refractivity contribution in [1.82, 2.24) is 10.2 Å². The molecule has 1 amide bonds. The molecule has 100 valence electrons. The molecule has 0 heterocycles. The number of nitrogens with one attached hydrogen (secondary N) is 1. The number of carbonyl (C=O) groups excluding carboxylic acids is 1. The second kappa shape index (κ2) is 7.24. The highest BCUT2D eigenvalue weighted by atomic mass is 35.5. The Balaban J connectivity index is 2.36. The molecule has 0 fully saturated rings. The van der Waals surface area contributed by atoms with E-state index in [0.717, 1.165) is 19.4 Å². The van der Waals surface area contributed by atoms with E-state index in [1.165, 1.54) is 0 Å². The van der Waals surface area contributed by atoms with Gasteiger partial charge in [-0.3, -0.25) is 4.79 Å². The average Bonchev–Trinajstić information content (AvgIpc) is 2.27. The molecule has 0 aliphatic heterocycles. The molecule has 0 aliphatic carbocycles. The number of benzene rings is 1. The van der Waals surface area contributed by atoms with Crippen molar-refractivity contribution in [1.29, 1.82) is 0 Å². The lowest BCUT2D eigenvalue weighted by Gasteiger charge is -2.10. The molecule has 0 aromatic heterocycles. The monoisotopic (exact) mass is 269 g/mol. The number of unbranched alkanes of at least 4 members (excludes halogenated alkanes) is 1. The molecule has 0 aliphatic rings. The van der Waals surface area contributed by atoms with E-state index < -0.39 is 0 Å². The highest BCUT2D eigenvalue weighted by Crippen LogP contribution is 2.18. The average molecular weight is 270 g/mol. The number of nitrogens with two attached hydrogens (primary N) is 1. The van der Waals surface area contributed by atoms with Gasteiger partial charge in [0.1, 0.15) is 0 Å². The summed E-state index contributed by atoms with van der Waals surface area (Å²) >= 11 is 5.96. The zero-order valence-electron chi connectivity index (χ0n) is 10.9. The van der Waals surface area contributed by atoms with Gasteiger partial charge in [-0.15, -0.1) is 0 Å². The molecule has 0 atom stereocenters. The fourth-order valence-electron chi connectivity index (χ4n) is 1.57. The van der Waals surface area contributed by atoms with E-state index in [1.54, 1.807) is 18.2 Å². The fourth-order valence-corrected chi connectivity index (χ4v) is 1.84. The molecule has 1 aromatic rings. The number of nitrogen functional groups attached to an aromatic ring is 1. The largest absolute Gasteiger partial charge is 0.399 e. The summed E-state index contributed by atoms with van der Waals surface area (Å²) in [7, 11) is 4.07. The van der Waals surface area contributed by atoms with Crippen molar-refractivity contribution in [3.63, 3.8) is 0 Å². The Hall–Kier alpha value is -1.26. The second-order valence-corrected chi connectivity index (χ2v) is 4.91. The third-order valence-corrected chi connectivity index (χ3v) is 2.87. The summed E-state index contributed by atoms with van der Waals surface area (Å²) in [6.45, 7) is 1.69. The van der Waals surface area contributed by atoms with Gasteiger partial charge in [-0.2, -0.15) is 0 Å². The van der Waals surface area contributed by atoms with Gasteiger partial charge in [0.15, 0.2) is 0 Å². The van der Waals surface area contributed by atoms with Gasteiger partial charge in [-0.1, -0.05) is 11.6 Å². The molecular weight excluding hydrogens is 250 g/mol. The Kier molecular flexibility index (Phi) is 5.95. The van der Waals surface area contributed by atoms with Crippen LogP contribution in [0, 0.1) is 0 Å². The third kappa shape index (κ3) is 4.94. The topological polar surface area (TPSA) is 58.4 Å². The van der Waals surface area contributed by atoms with Gasteiger partial charge in [0.2, 0.25) is 0 Å². The highest BCUT2D eigenvalue weighted by molar-refractivity contribution is 6.34. The third-order valence-electron chi connectivity index (χ3n) is 2.56. The predicted octanol–water partition coefficient (Wildman–Crippen LogP) is 1.99. The second-order valence-electron chi connectivity index (χ2n) is 4.51. The molecule has 3 N–H and O–H groups in total. The van der Waals surface area contributed by atoms with Crippen LogP contribution >= 0.6 is 11.6 Å². The minimum Gasteiger partial charge on any atom is -0.399 e. The first-order valence-corrected chi connectivity index (χ1v) is 6.36. The van der Waals surface area contributed by atoms with Gasteiger partial charge in [0, 0.05) is 12.2 Å². The van der Waals surface area contributed by atoms with Crippen LogP contribution in [-0.2, 0) is 0 Å². The van der Waals surface area contributed by atoms with Crippen LogP contribution < -0.4 is 11.1 Å². The van der Waals surface area contributed by atoms with E-state index in [0.29, 0.717) is 22.8 Å². The lowest BCUT2D eigenvalue weighted by Crippen LogP contribution is -2.25. The van der Waals surface area contributed by atoms with Gasteiger partial charge in [0.05, 0.1) is 10.6 Å². The first-order chi connectivity index (χ1) is 8.50. The molecule has 0 bridgehead atoms. The summed E-state index contributed by atoms with van der Waals surface area (Å²) in [6, 6.07) is 4.90. The lowest BCUT2D eigenvalue weighted by atomic mass is 10.2. The lowest BCUT2D eigenvalue weighted by molar-refractivity contribution is 0.0953. The Morgan fingerprint density at radius 1 is 1.39 bits per heavy atom. The number of anilines is 1. The summed E-state index contributed by atoms with van der Waals surface area (Å²) in [5.74, 6) is -0.148. The van der Waals surface area contributed by atoms with E-state index in [4.69, 9.17) is 17.3 Å². The quantitative estimate of drug-likeness (QED) is 0.613. The van der Waals surface area contributed by atoms with Crippen LogP contribution in [0.1, 0.15) is 23.2 Å². The Morgan fingerprint density at radius 3 is 2.72 bits per heavy atom. The zero-order valence-corrected chi connectivity index (χ0v) is 11.6. The van der Waals surface area contributed by atoms with Crippen molar-refractivity contribution in [2.24, 2.45) is 0 Å². The van der Waals surface area contributed by atoms with Gasteiger partial charge >= 0.3 is 0 Å². The molecule has 0 saturated carbocycles. The summed E-state index contributed by atoms with van der Waals surface area (Å²) in [5.41, 5.74) is 6.60. The molecule has 0 spiro atoms. The molecule has 5 heteroatoms. The first kappa shape index (κ1) is 14.8. The standard InChI is InChI=1S/C13H20ClN3O/c1-17(2)8-4-3-7-16-13(18)11-6-5-10(15)9-12(11)14/h5-6,9H,3-4,7-8,15H2,1-2H3,(H,16,18). The predicted molar refractivity (Wildman–Crippen MR) is 76.0 cm³/mol. The van der Waals surface area contributed by atoms with Crippen LogP contribution in [0.4, 0.5) is 5.69 Å². The van der Waals surface area contributed by atoms with Crippen molar-refractivity contribution in [3.05, 3.63) is 28.8 Å². The summed E-state index contributed by atoms with van der Waals surface area (Å²) in [5, 5.41) is 3.24. The van der Waals surface area contributed by atoms with Crippen molar-refractivity contribution in [2.45, 2.75) is 12.8 Å². The Bertz CT molecular complexity index is 407. The maximum atomic E-state index is 11.8. The maximum Gasteiger partial charge on any atom is 0.252 e. The van der Waals surface area contributed by atoms with Crippen LogP contribution in [0.15, 0.2) is 18.2 Å². The molecule has 0 radical (unpaired) electrons. The van der Waals surface area contributed by atoms with Crippen LogP contribution in [0.3, 0.4) is 0 Å². The number of hydrogen-bond donors (Lipinski definition) is 2. The van der Waals surface area contributed by atoms with Gasteiger partial charge in [-0.05, 0) is 51.7 Å². The van der Waals surface area contributed by atoms with E-state index in [1.807, 2.05) is 14.1 Å². The molecule has 0 saturated heterocycles. The van der Waals surface area contributed by atoms with E-state index >= 15 is 0 Å². The summed E-state index contributed by atoms with van der Waals surface area (Å²) in [4.78, 5) is 14.0. The van der Waals surface area contributed by atoms with Gasteiger partial charge in [-0.25, -0.2) is 0 Å². The highest BCUT2D eigenvalue weighted by Gasteiger charge is 2.09. The molecule has 4 nitrogen and oxygen atoms in total. The molecule has 1 aromatic carbocycles. The SMILES string of the molecule is CN(C)CCCCNC(=O)c1ccc(N)cc1Cl. The maximum absolute atomic E-state index is 11.8. The number of hydrogen-bond acceptors (Lipinski definition) is 3. The molecule has 18 heavy (non-hydrogen) atoms. The summed E-state index contributed by atoms with van der Waals surface area (Å²) < 4.78 is 0. The van der Waals surface area contributed by atoms with Gasteiger partial charge in [0.25, 0.3) is 5.91 Å².